The standard InChI is InChI=1S/C9H15NO5S/c11-6-2-1-5-10-16(13,14)9-4-3-8(7-12)15-9/h3-4,10-12H,1-2,5-7H2. The second-order valence-corrected chi connectivity index (χ2v) is 4.91. The molecule has 0 aromatic carbocycles. The van der Waals surface area contributed by atoms with Crippen molar-refractivity contribution in [2.75, 3.05) is 13.2 Å². The fraction of sp³-hybridized carbons (Fsp3) is 0.556. The molecule has 0 aliphatic heterocycles. The average molecular weight is 249 g/mol. The van der Waals surface area contributed by atoms with E-state index in [1.165, 1.54) is 12.1 Å². The minimum atomic E-state index is -3.64. The van der Waals surface area contributed by atoms with Gasteiger partial charge in [-0.2, -0.15) is 0 Å². The van der Waals surface area contributed by atoms with Crippen LogP contribution in [-0.4, -0.2) is 31.8 Å². The Hall–Kier alpha value is -0.890. The highest BCUT2D eigenvalue weighted by molar-refractivity contribution is 7.89. The van der Waals surface area contributed by atoms with Crippen molar-refractivity contribution in [3.63, 3.8) is 0 Å². The summed E-state index contributed by atoms with van der Waals surface area (Å²) in [6.45, 7) is -0.0464. The van der Waals surface area contributed by atoms with Crippen molar-refractivity contribution in [1.29, 1.82) is 0 Å². The third-order valence-corrected chi connectivity index (χ3v) is 3.27. The quantitative estimate of drug-likeness (QED) is 0.582. The zero-order valence-electron chi connectivity index (χ0n) is 8.72. The van der Waals surface area contributed by atoms with Crippen molar-refractivity contribution >= 4 is 10.0 Å². The maximum atomic E-state index is 11.6. The first-order valence-corrected chi connectivity index (χ1v) is 6.38. The van der Waals surface area contributed by atoms with E-state index in [0.717, 1.165) is 0 Å². The Bertz CT molecular complexity index is 411. The number of rotatable bonds is 7. The minimum absolute atomic E-state index is 0.0388. The summed E-state index contributed by atoms with van der Waals surface area (Å²) in [5.74, 6) is 0.204. The van der Waals surface area contributed by atoms with E-state index in [1.807, 2.05) is 0 Å². The van der Waals surface area contributed by atoms with Gasteiger partial charge in [0, 0.05) is 13.2 Å². The molecule has 92 valence electrons. The van der Waals surface area contributed by atoms with Gasteiger partial charge < -0.3 is 14.6 Å². The molecule has 0 unspecified atom stereocenters. The van der Waals surface area contributed by atoms with Gasteiger partial charge in [0.2, 0.25) is 5.09 Å². The van der Waals surface area contributed by atoms with Crippen LogP contribution < -0.4 is 4.72 Å². The van der Waals surface area contributed by atoms with E-state index in [4.69, 9.17) is 14.6 Å². The summed E-state index contributed by atoms with van der Waals surface area (Å²) in [4.78, 5) is 0. The molecule has 0 aliphatic rings. The molecular formula is C9H15NO5S. The SMILES string of the molecule is O=S(=O)(NCCCCO)c1ccc(CO)o1. The number of unbranched alkanes of at least 4 members (excludes halogenated alkanes) is 1. The first-order valence-electron chi connectivity index (χ1n) is 4.90. The highest BCUT2D eigenvalue weighted by atomic mass is 32.2. The molecule has 0 bridgehead atoms. The molecule has 0 atom stereocenters. The highest BCUT2D eigenvalue weighted by Gasteiger charge is 2.17. The number of furan rings is 1. The molecular weight excluding hydrogens is 234 g/mol. The van der Waals surface area contributed by atoms with Crippen molar-refractivity contribution in [1.82, 2.24) is 4.72 Å². The van der Waals surface area contributed by atoms with Gasteiger partial charge in [0.05, 0.1) is 0 Å². The number of hydrogen-bond donors (Lipinski definition) is 3. The fourth-order valence-corrected chi connectivity index (χ4v) is 2.12. The predicted molar refractivity (Wildman–Crippen MR) is 56.1 cm³/mol. The lowest BCUT2D eigenvalue weighted by molar-refractivity contribution is 0.236. The second-order valence-electron chi connectivity index (χ2n) is 3.21. The fourth-order valence-electron chi connectivity index (χ4n) is 1.10. The molecule has 1 aromatic heterocycles. The summed E-state index contributed by atoms with van der Waals surface area (Å²) in [7, 11) is -3.64. The second kappa shape index (κ2) is 6.00. The zero-order valence-corrected chi connectivity index (χ0v) is 9.53. The molecule has 7 heteroatoms. The molecule has 6 nitrogen and oxygen atoms in total. The van der Waals surface area contributed by atoms with E-state index in [0.29, 0.717) is 12.8 Å². The van der Waals surface area contributed by atoms with Gasteiger partial charge >= 0.3 is 0 Å². The zero-order chi connectivity index (χ0) is 12.0. The molecule has 1 aromatic rings. The Morgan fingerprint density at radius 3 is 2.56 bits per heavy atom. The van der Waals surface area contributed by atoms with Gasteiger partial charge in [0.1, 0.15) is 12.4 Å². The summed E-state index contributed by atoms with van der Waals surface area (Å²) in [5, 5.41) is 17.0. The predicted octanol–water partition coefficient (Wildman–Crippen LogP) is -0.177. The summed E-state index contributed by atoms with van der Waals surface area (Å²) in [5.41, 5.74) is 0. The highest BCUT2D eigenvalue weighted by Crippen LogP contribution is 2.13. The monoisotopic (exact) mass is 249 g/mol. The van der Waals surface area contributed by atoms with Crippen molar-refractivity contribution in [3.05, 3.63) is 17.9 Å². The summed E-state index contributed by atoms with van der Waals surface area (Å²) in [6.07, 6.45) is 1.10. The van der Waals surface area contributed by atoms with Gasteiger partial charge in [-0.1, -0.05) is 0 Å². The van der Waals surface area contributed by atoms with Gasteiger partial charge in [0.15, 0.2) is 0 Å². The van der Waals surface area contributed by atoms with Gasteiger partial charge in [-0.15, -0.1) is 0 Å². The average Bonchev–Trinajstić information content (AvgIpc) is 2.73. The van der Waals surface area contributed by atoms with Crippen LogP contribution in [0, 0.1) is 0 Å². The third-order valence-electron chi connectivity index (χ3n) is 1.93. The minimum Gasteiger partial charge on any atom is -0.446 e. The molecule has 16 heavy (non-hydrogen) atoms. The molecule has 0 aliphatic carbocycles. The lowest BCUT2D eigenvalue weighted by atomic mass is 10.3. The van der Waals surface area contributed by atoms with Crippen molar-refractivity contribution in [2.24, 2.45) is 0 Å². The molecule has 0 saturated heterocycles. The Balaban J connectivity index is 2.56. The van der Waals surface area contributed by atoms with Crippen LogP contribution in [0.3, 0.4) is 0 Å². The lowest BCUT2D eigenvalue weighted by Crippen LogP contribution is -2.24. The Kier molecular flexibility index (Phi) is 4.94. The number of aliphatic hydroxyl groups excluding tert-OH is 2. The van der Waals surface area contributed by atoms with Crippen molar-refractivity contribution in [2.45, 2.75) is 24.5 Å². The molecule has 0 saturated carbocycles. The molecule has 1 rings (SSSR count). The largest absolute Gasteiger partial charge is 0.446 e. The van der Waals surface area contributed by atoms with Gasteiger partial charge in [-0.3, -0.25) is 0 Å². The number of hydrogen-bond acceptors (Lipinski definition) is 5. The first kappa shape index (κ1) is 13.2. The van der Waals surface area contributed by atoms with E-state index in [-0.39, 0.29) is 30.6 Å². The number of nitrogens with one attached hydrogen (secondary N) is 1. The number of sulfonamides is 1. The Morgan fingerprint density at radius 2 is 2.00 bits per heavy atom. The molecule has 0 radical (unpaired) electrons. The van der Waals surface area contributed by atoms with E-state index >= 15 is 0 Å². The molecule has 3 N–H and O–H groups in total. The van der Waals surface area contributed by atoms with Crippen LogP contribution in [0.4, 0.5) is 0 Å². The van der Waals surface area contributed by atoms with Crippen molar-refractivity contribution < 1.29 is 23.0 Å². The van der Waals surface area contributed by atoms with Gasteiger partial charge in [-0.25, -0.2) is 13.1 Å². The summed E-state index contributed by atoms with van der Waals surface area (Å²) < 4.78 is 30.4. The third kappa shape index (κ3) is 3.60. The van der Waals surface area contributed by atoms with Crippen LogP contribution in [0.1, 0.15) is 18.6 Å². The van der Waals surface area contributed by atoms with E-state index in [9.17, 15) is 8.42 Å². The topological polar surface area (TPSA) is 99.8 Å². The van der Waals surface area contributed by atoms with E-state index in [2.05, 4.69) is 4.72 Å². The van der Waals surface area contributed by atoms with E-state index in [1.54, 1.807) is 0 Å². The molecule has 0 spiro atoms. The van der Waals surface area contributed by atoms with Crippen LogP contribution >= 0.6 is 0 Å². The Morgan fingerprint density at radius 1 is 1.25 bits per heavy atom. The van der Waals surface area contributed by atoms with Gasteiger partial charge in [-0.05, 0) is 25.0 Å². The first-order chi connectivity index (χ1) is 7.60. The smallest absolute Gasteiger partial charge is 0.273 e. The van der Waals surface area contributed by atoms with Crippen LogP contribution in [0.2, 0.25) is 0 Å². The number of aliphatic hydroxyl groups is 2. The maximum absolute atomic E-state index is 11.6. The summed E-state index contributed by atoms with van der Waals surface area (Å²) in [6, 6.07) is 2.70. The normalized spacial score (nSPS) is 11.9. The van der Waals surface area contributed by atoms with Crippen molar-refractivity contribution in [3.8, 4) is 0 Å². The Labute approximate surface area is 93.9 Å². The van der Waals surface area contributed by atoms with Crippen LogP contribution in [0.5, 0.6) is 0 Å². The van der Waals surface area contributed by atoms with Crippen LogP contribution in [-0.2, 0) is 16.6 Å². The van der Waals surface area contributed by atoms with Gasteiger partial charge in [0.25, 0.3) is 10.0 Å². The van der Waals surface area contributed by atoms with E-state index < -0.39 is 10.0 Å². The molecule has 0 fully saturated rings. The van der Waals surface area contributed by atoms with Crippen LogP contribution in [0.15, 0.2) is 21.6 Å². The molecule has 0 amide bonds. The molecule has 1 heterocycles. The maximum Gasteiger partial charge on any atom is 0.273 e. The van der Waals surface area contributed by atoms with Crippen LogP contribution in [0.25, 0.3) is 0 Å². The lowest BCUT2D eigenvalue weighted by Gasteiger charge is -2.02. The summed E-state index contributed by atoms with van der Waals surface area (Å²) >= 11 is 0.